The van der Waals surface area contributed by atoms with E-state index < -0.39 is 17.7 Å². The second-order valence-corrected chi connectivity index (χ2v) is 7.08. The predicted molar refractivity (Wildman–Crippen MR) is 87.2 cm³/mol. The quantitative estimate of drug-likeness (QED) is 0.918. The monoisotopic (exact) mass is 330 g/mol. The largest absolute Gasteiger partial charge is 0.481 e. The lowest BCUT2D eigenvalue weighted by Crippen LogP contribution is -2.36. The van der Waals surface area contributed by atoms with Crippen molar-refractivity contribution < 1.29 is 19.4 Å². The van der Waals surface area contributed by atoms with Crippen LogP contribution in [0, 0.1) is 17.2 Å². The molecule has 24 heavy (non-hydrogen) atoms. The number of benzene rings is 1. The molecule has 1 saturated heterocycles. The van der Waals surface area contributed by atoms with E-state index in [2.05, 4.69) is 6.07 Å². The summed E-state index contributed by atoms with van der Waals surface area (Å²) < 4.78 is 5.46. The summed E-state index contributed by atoms with van der Waals surface area (Å²) in [6, 6.07) is 8.84. The third kappa shape index (κ3) is 4.48. The lowest BCUT2D eigenvalue weighted by molar-refractivity contribution is -0.138. The molecule has 6 nitrogen and oxygen atoms in total. The average Bonchev–Trinajstić information content (AvgIpc) is 2.89. The lowest BCUT2D eigenvalue weighted by atomic mass is 9.97. The van der Waals surface area contributed by atoms with Crippen molar-refractivity contribution in [3.05, 3.63) is 35.4 Å². The number of carbonyl (C=O) groups excluding carboxylic acids is 1. The topological polar surface area (TPSA) is 90.6 Å². The van der Waals surface area contributed by atoms with Gasteiger partial charge in [0.25, 0.3) is 0 Å². The Morgan fingerprint density at radius 1 is 1.33 bits per heavy atom. The Balaban J connectivity index is 2.24. The highest BCUT2D eigenvalue weighted by Crippen LogP contribution is 2.38. The first-order valence-corrected chi connectivity index (χ1v) is 7.91. The van der Waals surface area contributed by atoms with Crippen LogP contribution in [0.3, 0.4) is 0 Å². The van der Waals surface area contributed by atoms with Crippen LogP contribution in [-0.2, 0) is 9.53 Å². The molecule has 0 bridgehead atoms. The maximum atomic E-state index is 12.5. The maximum Gasteiger partial charge on any atom is 0.410 e. The van der Waals surface area contributed by atoms with Crippen LogP contribution < -0.4 is 0 Å². The van der Waals surface area contributed by atoms with Crippen molar-refractivity contribution in [2.45, 2.75) is 45.3 Å². The van der Waals surface area contributed by atoms with Crippen LogP contribution >= 0.6 is 0 Å². The summed E-state index contributed by atoms with van der Waals surface area (Å²) in [4.78, 5) is 25.1. The number of carbonyl (C=O) groups is 2. The van der Waals surface area contributed by atoms with Gasteiger partial charge in [0.05, 0.1) is 17.7 Å². The third-order valence-corrected chi connectivity index (χ3v) is 3.90. The summed E-state index contributed by atoms with van der Waals surface area (Å²) in [5.74, 6) is -0.986. The minimum Gasteiger partial charge on any atom is -0.481 e. The van der Waals surface area contributed by atoms with Crippen molar-refractivity contribution in [3.8, 4) is 6.07 Å². The molecular weight excluding hydrogens is 308 g/mol. The minimum absolute atomic E-state index is 0.0199. The van der Waals surface area contributed by atoms with E-state index in [1.54, 1.807) is 37.8 Å². The molecule has 6 heteroatoms. The number of likely N-dealkylation sites (tertiary alicyclic amines) is 1. The van der Waals surface area contributed by atoms with E-state index in [1.165, 1.54) is 0 Å². The average molecular weight is 330 g/mol. The number of carboxylic acid groups (broad SMARTS) is 1. The van der Waals surface area contributed by atoms with Crippen LogP contribution in [0.1, 0.15) is 50.8 Å². The van der Waals surface area contributed by atoms with Crippen molar-refractivity contribution in [1.82, 2.24) is 4.90 Å². The molecule has 1 aromatic rings. The molecule has 1 fully saturated rings. The third-order valence-electron chi connectivity index (χ3n) is 3.90. The molecule has 1 heterocycles. The fraction of sp³-hybridized carbons (Fsp3) is 0.500. The zero-order chi connectivity index (χ0) is 17.9. The zero-order valence-electron chi connectivity index (χ0n) is 14.2. The van der Waals surface area contributed by atoms with E-state index in [9.17, 15) is 9.59 Å². The van der Waals surface area contributed by atoms with Crippen LogP contribution in [0.4, 0.5) is 4.79 Å². The molecule has 0 radical (unpaired) electrons. The van der Waals surface area contributed by atoms with Crippen LogP contribution in [0.5, 0.6) is 0 Å². The number of hydrogen-bond acceptors (Lipinski definition) is 4. The molecular formula is C18H22N2O4. The Labute approximate surface area is 141 Å². The van der Waals surface area contributed by atoms with Gasteiger partial charge in [-0.05, 0) is 50.8 Å². The summed E-state index contributed by atoms with van der Waals surface area (Å²) in [6.45, 7) is 5.75. The summed E-state index contributed by atoms with van der Waals surface area (Å²) in [5, 5.41) is 17.9. The van der Waals surface area contributed by atoms with Gasteiger partial charge in [0.2, 0.25) is 0 Å². The van der Waals surface area contributed by atoms with E-state index in [-0.39, 0.29) is 18.4 Å². The van der Waals surface area contributed by atoms with Crippen molar-refractivity contribution in [2.24, 2.45) is 5.92 Å². The number of carboxylic acids is 1. The first-order valence-electron chi connectivity index (χ1n) is 7.91. The van der Waals surface area contributed by atoms with Crippen molar-refractivity contribution in [2.75, 3.05) is 6.54 Å². The number of rotatable bonds is 3. The van der Waals surface area contributed by atoms with E-state index in [0.717, 1.165) is 5.56 Å². The molecule has 2 atom stereocenters. The minimum atomic E-state index is -0.871. The van der Waals surface area contributed by atoms with Gasteiger partial charge >= 0.3 is 12.1 Å². The Morgan fingerprint density at radius 3 is 2.46 bits per heavy atom. The zero-order valence-corrected chi connectivity index (χ0v) is 14.2. The number of amides is 1. The van der Waals surface area contributed by atoms with Crippen LogP contribution in [-0.4, -0.2) is 34.2 Å². The Kier molecular flexibility index (Phi) is 5.13. The molecule has 1 aliphatic heterocycles. The van der Waals surface area contributed by atoms with Gasteiger partial charge in [-0.2, -0.15) is 5.26 Å². The van der Waals surface area contributed by atoms with Gasteiger partial charge < -0.3 is 14.7 Å². The fourth-order valence-corrected chi connectivity index (χ4v) is 2.94. The van der Waals surface area contributed by atoms with Crippen molar-refractivity contribution in [3.63, 3.8) is 0 Å². The van der Waals surface area contributed by atoms with Crippen LogP contribution in [0.15, 0.2) is 24.3 Å². The van der Waals surface area contributed by atoms with E-state index in [4.69, 9.17) is 15.1 Å². The number of hydrogen-bond donors (Lipinski definition) is 1. The smallest absolute Gasteiger partial charge is 0.410 e. The Hall–Kier alpha value is -2.55. The molecule has 1 N–H and O–H groups in total. The number of nitrogens with zero attached hydrogens (tertiary/aromatic N) is 2. The lowest BCUT2D eigenvalue weighted by Gasteiger charge is -2.28. The first kappa shape index (κ1) is 17.8. The second kappa shape index (κ2) is 6.91. The second-order valence-electron chi connectivity index (χ2n) is 7.08. The highest BCUT2D eigenvalue weighted by atomic mass is 16.6. The van der Waals surface area contributed by atoms with Gasteiger partial charge in [-0.25, -0.2) is 4.79 Å². The summed E-state index contributed by atoms with van der Waals surface area (Å²) in [7, 11) is 0. The van der Waals surface area contributed by atoms with Crippen molar-refractivity contribution >= 4 is 12.1 Å². The molecule has 1 aromatic carbocycles. The fourth-order valence-electron chi connectivity index (χ4n) is 2.94. The first-order chi connectivity index (χ1) is 11.2. The summed E-state index contributed by atoms with van der Waals surface area (Å²) >= 11 is 0. The van der Waals surface area contributed by atoms with Gasteiger partial charge in [-0.15, -0.1) is 0 Å². The molecule has 0 saturated carbocycles. The van der Waals surface area contributed by atoms with Crippen molar-refractivity contribution in [1.29, 1.82) is 5.26 Å². The van der Waals surface area contributed by atoms with Gasteiger partial charge in [0.1, 0.15) is 5.60 Å². The van der Waals surface area contributed by atoms with Crippen LogP contribution in [0.25, 0.3) is 0 Å². The highest BCUT2D eigenvalue weighted by Gasteiger charge is 2.39. The summed E-state index contributed by atoms with van der Waals surface area (Å²) in [6.07, 6.45) is 0.147. The standard InChI is InChI=1S/C18H22N2O4/c1-18(2,3)24-17(23)20-11-13(9-16(21)22)8-15(20)14-6-4-12(10-19)5-7-14/h4-7,13,15H,8-9,11H2,1-3H3,(H,21,22). The number of aliphatic carboxylic acids is 1. The molecule has 2 rings (SSSR count). The van der Waals surface area contributed by atoms with E-state index in [0.29, 0.717) is 18.5 Å². The molecule has 0 spiro atoms. The Morgan fingerprint density at radius 2 is 1.96 bits per heavy atom. The van der Waals surface area contributed by atoms with Gasteiger partial charge in [0.15, 0.2) is 0 Å². The molecule has 2 unspecified atom stereocenters. The highest BCUT2D eigenvalue weighted by molar-refractivity contribution is 5.70. The Bertz CT molecular complexity index is 655. The van der Waals surface area contributed by atoms with Gasteiger partial charge in [0, 0.05) is 13.0 Å². The normalized spacial score (nSPS) is 20.5. The molecule has 1 aliphatic rings. The predicted octanol–water partition coefficient (Wildman–Crippen LogP) is 3.33. The molecule has 0 aliphatic carbocycles. The van der Waals surface area contributed by atoms with E-state index in [1.807, 2.05) is 12.1 Å². The SMILES string of the molecule is CC(C)(C)OC(=O)N1CC(CC(=O)O)CC1c1ccc(C#N)cc1. The van der Waals surface area contributed by atoms with Gasteiger partial charge in [-0.1, -0.05) is 12.1 Å². The number of ether oxygens (including phenoxy) is 1. The molecule has 0 aromatic heterocycles. The molecule has 128 valence electrons. The van der Waals surface area contributed by atoms with E-state index >= 15 is 0 Å². The molecule has 1 amide bonds. The maximum absolute atomic E-state index is 12.5. The summed E-state index contributed by atoms with van der Waals surface area (Å²) in [5.41, 5.74) is 0.812. The van der Waals surface area contributed by atoms with Gasteiger partial charge in [-0.3, -0.25) is 4.79 Å². The number of nitriles is 1. The van der Waals surface area contributed by atoms with Crippen LogP contribution in [0.2, 0.25) is 0 Å².